The smallest absolute Gasteiger partial charge is 0.163 e. The van der Waals surface area contributed by atoms with E-state index < -0.39 is 0 Å². The number of hydrogen-bond donors (Lipinski definition) is 0. The van der Waals surface area contributed by atoms with Crippen molar-refractivity contribution in [1.82, 2.24) is 0 Å². The standard InChI is InChI=1S/C14H18O/c1-3-4-11-8(2)12-9-5-6-10(7-9)13(12)14(11)15/h5-6,9-10,12-13H,3-4,7H2,1-2H3. The molecule has 0 N–H and O–H groups in total. The number of fused-ring (bicyclic) bond motifs is 5. The number of allylic oxidation sites excluding steroid dienone is 4. The molecular weight excluding hydrogens is 184 g/mol. The molecule has 0 saturated heterocycles. The first kappa shape index (κ1) is 9.38. The molecular formula is C14H18O. The molecule has 3 aliphatic rings. The van der Waals surface area contributed by atoms with E-state index in [4.69, 9.17) is 0 Å². The number of rotatable bonds is 2. The van der Waals surface area contributed by atoms with Crippen LogP contribution < -0.4 is 0 Å². The summed E-state index contributed by atoms with van der Waals surface area (Å²) in [5.74, 6) is 2.64. The zero-order valence-electron chi connectivity index (χ0n) is 9.49. The molecule has 80 valence electrons. The Hall–Kier alpha value is -0.850. The van der Waals surface area contributed by atoms with Crippen molar-refractivity contribution < 1.29 is 4.79 Å². The van der Waals surface area contributed by atoms with Crippen molar-refractivity contribution in [2.45, 2.75) is 33.1 Å². The number of hydrogen-bond acceptors (Lipinski definition) is 1. The van der Waals surface area contributed by atoms with Gasteiger partial charge in [-0.2, -0.15) is 0 Å². The molecule has 1 fully saturated rings. The third-order valence-electron chi connectivity index (χ3n) is 4.54. The van der Waals surface area contributed by atoms with Crippen LogP contribution in [0, 0.1) is 23.7 Å². The number of carbonyl (C=O) groups is 1. The van der Waals surface area contributed by atoms with Gasteiger partial charge >= 0.3 is 0 Å². The van der Waals surface area contributed by atoms with Crippen LogP contribution in [0.2, 0.25) is 0 Å². The minimum Gasteiger partial charge on any atom is -0.294 e. The average molecular weight is 202 g/mol. The molecule has 1 saturated carbocycles. The van der Waals surface area contributed by atoms with Crippen molar-refractivity contribution in [3.8, 4) is 0 Å². The number of ketones is 1. The Bertz CT molecular complexity index is 375. The van der Waals surface area contributed by atoms with Crippen LogP contribution in [0.25, 0.3) is 0 Å². The molecule has 0 heterocycles. The van der Waals surface area contributed by atoms with Crippen LogP contribution in [0.3, 0.4) is 0 Å². The van der Waals surface area contributed by atoms with Gasteiger partial charge in [-0.05, 0) is 43.1 Å². The highest BCUT2D eigenvalue weighted by atomic mass is 16.1. The fraction of sp³-hybridized carbons (Fsp3) is 0.643. The van der Waals surface area contributed by atoms with Gasteiger partial charge in [0.25, 0.3) is 0 Å². The second-order valence-corrected chi connectivity index (χ2v) is 5.28. The number of carbonyl (C=O) groups excluding carboxylic acids is 1. The highest BCUT2D eigenvalue weighted by Crippen LogP contribution is 2.56. The van der Waals surface area contributed by atoms with E-state index >= 15 is 0 Å². The highest BCUT2D eigenvalue weighted by molar-refractivity contribution is 6.02. The maximum absolute atomic E-state index is 12.3. The molecule has 3 aliphatic carbocycles. The second-order valence-electron chi connectivity index (χ2n) is 5.28. The fourth-order valence-electron chi connectivity index (χ4n) is 3.94. The Morgan fingerprint density at radius 3 is 2.53 bits per heavy atom. The zero-order chi connectivity index (χ0) is 10.6. The van der Waals surface area contributed by atoms with Gasteiger partial charge in [0.1, 0.15) is 0 Å². The Balaban J connectivity index is 1.99. The largest absolute Gasteiger partial charge is 0.294 e. The van der Waals surface area contributed by atoms with Crippen molar-refractivity contribution in [3.05, 3.63) is 23.3 Å². The third kappa shape index (κ3) is 1.07. The lowest BCUT2D eigenvalue weighted by Gasteiger charge is -2.20. The second kappa shape index (κ2) is 3.07. The molecule has 4 atom stereocenters. The summed E-state index contributed by atoms with van der Waals surface area (Å²) in [5, 5.41) is 0. The van der Waals surface area contributed by atoms with E-state index in [0.717, 1.165) is 12.8 Å². The Morgan fingerprint density at radius 1 is 1.27 bits per heavy atom. The SMILES string of the molecule is CCCC1=C(C)C2C3C=CC(C3)C2C1=O. The van der Waals surface area contributed by atoms with Crippen LogP contribution in [0.1, 0.15) is 33.1 Å². The first-order valence-electron chi connectivity index (χ1n) is 6.16. The van der Waals surface area contributed by atoms with E-state index in [0.29, 0.717) is 29.5 Å². The summed E-state index contributed by atoms with van der Waals surface area (Å²) in [6.45, 7) is 4.36. The molecule has 0 aromatic heterocycles. The lowest BCUT2D eigenvalue weighted by Crippen LogP contribution is -2.21. The van der Waals surface area contributed by atoms with Crippen LogP contribution in [-0.2, 0) is 4.79 Å². The van der Waals surface area contributed by atoms with Gasteiger partial charge in [-0.3, -0.25) is 4.79 Å². The van der Waals surface area contributed by atoms with Crippen molar-refractivity contribution in [1.29, 1.82) is 0 Å². The van der Waals surface area contributed by atoms with Crippen molar-refractivity contribution in [3.63, 3.8) is 0 Å². The lowest BCUT2D eigenvalue weighted by molar-refractivity contribution is -0.119. The molecule has 15 heavy (non-hydrogen) atoms. The minimum atomic E-state index is 0.335. The van der Waals surface area contributed by atoms with Crippen LogP contribution in [0.15, 0.2) is 23.3 Å². The summed E-state index contributed by atoms with van der Waals surface area (Å²) in [4.78, 5) is 12.3. The van der Waals surface area contributed by atoms with Crippen LogP contribution in [0.5, 0.6) is 0 Å². The summed E-state index contributed by atoms with van der Waals surface area (Å²) >= 11 is 0. The maximum atomic E-state index is 12.3. The first-order valence-corrected chi connectivity index (χ1v) is 6.16. The van der Waals surface area contributed by atoms with E-state index in [9.17, 15) is 4.79 Å². The van der Waals surface area contributed by atoms with Crippen LogP contribution in [0.4, 0.5) is 0 Å². The van der Waals surface area contributed by atoms with Crippen molar-refractivity contribution in [2.24, 2.45) is 23.7 Å². The molecule has 1 heteroatoms. The highest BCUT2D eigenvalue weighted by Gasteiger charge is 2.53. The van der Waals surface area contributed by atoms with Gasteiger partial charge in [0.15, 0.2) is 5.78 Å². The van der Waals surface area contributed by atoms with E-state index in [1.807, 2.05) is 0 Å². The normalized spacial score (nSPS) is 41.9. The van der Waals surface area contributed by atoms with E-state index in [-0.39, 0.29) is 0 Å². The summed E-state index contributed by atoms with van der Waals surface area (Å²) in [7, 11) is 0. The first-order chi connectivity index (χ1) is 7.24. The maximum Gasteiger partial charge on any atom is 0.163 e. The van der Waals surface area contributed by atoms with Crippen LogP contribution >= 0.6 is 0 Å². The Morgan fingerprint density at radius 2 is 1.93 bits per heavy atom. The molecule has 0 radical (unpaired) electrons. The van der Waals surface area contributed by atoms with Gasteiger partial charge in [0.05, 0.1) is 0 Å². The fourth-order valence-corrected chi connectivity index (χ4v) is 3.94. The third-order valence-corrected chi connectivity index (χ3v) is 4.54. The van der Waals surface area contributed by atoms with E-state index in [1.54, 1.807) is 0 Å². The van der Waals surface area contributed by atoms with E-state index in [1.165, 1.54) is 17.6 Å². The molecule has 0 amide bonds. The van der Waals surface area contributed by atoms with Crippen LogP contribution in [-0.4, -0.2) is 5.78 Å². The topological polar surface area (TPSA) is 17.1 Å². The lowest BCUT2D eigenvalue weighted by atomic mass is 9.82. The van der Waals surface area contributed by atoms with Gasteiger partial charge in [0, 0.05) is 5.92 Å². The number of Topliss-reactive ketones (excluding diaryl/α,β-unsaturated/α-hetero) is 1. The van der Waals surface area contributed by atoms with Gasteiger partial charge in [-0.1, -0.05) is 31.1 Å². The molecule has 0 spiro atoms. The van der Waals surface area contributed by atoms with Gasteiger partial charge in [-0.15, -0.1) is 0 Å². The van der Waals surface area contributed by atoms with Gasteiger partial charge in [-0.25, -0.2) is 0 Å². The molecule has 0 aliphatic heterocycles. The van der Waals surface area contributed by atoms with Gasteiger partial charge in [0.2, 0.25) is 0 Å². The molecule has 2 bridgehead atoms. The predicted molar refractivity (Wildman–Crippen MR) is 60.3 cm³/mol. The molecule has 4 unspecified atom stereocenters. The summed E-state index contributed by atoms with van der Waals surface area (Å²) in [6, 6.07) is 0. The molecule has 1 nitrogen and oxygen atoms in total. The summed E-state index contributed by atoms with van der Waals surface area (Å²) in [6.07, 6.45) is 7.96. The summed E-state index contributed by atoms with van der Waals surface area (Å²) in [5.41, 5.74) is 2.59. The summed E-state index contributed by atoms with van der Waals surface area (Å²) < 4.78 is 0. The monoisotopic (exact) mass is 202 g/mol. The zero-order valence-corrected chi connectivity index (χ0v) is 9.49. The van der Waals surface area contributed by atoms with Gasteiger partial charge < -0.3 is 0 Å². The van der Waals surface area contributed by atoms with Crippen molar-refractivity contribution in [2.75, 3.05) is 0 Å². The average Bonchev–Trinajstić information content (AvgIpc) is 2.87. The molecule has 0 aromatic carbocycles. The Labute approximate surface area is 91.2 Å². The molecule has 3 rings (SSSR count). The molecule has 0 aromatic rings. The van der Waals surface area contributed by atoms with Crippen molar-refractivity contribution >= 4 is 5.78 Å². The minimum absolute atomic E-state index is 0.335. The quantitative estimate of drug-likeness (QED) is 0.629. The Kier molecular flexibility index (Phi) is 1.92. The predicted octanol–water partition coefficient (Wildman–Crippen LogP) is 3.12. The van der Waals surface area contributed by atoms with E-state index in [2.05, 4.69) is 26.0 Å².